The SMILES string of the molecule is O=S(=O)(CC[C@@H]1OCC[C@@]2(S(=O)(=O)c3ccc(Cl)cc3)c3c(F)ccc(F)c3OC[C@@H]12)CCN1CCCC1. The molecule has 0 amide bonds. The van der Waals surface area contributed by atoms with Crippen molar-refractivity contribution in [3.8, 4) is 5.75 Å². The molecule has 0 unspecified atom stereocenters. The van der Waals surface area contributed by atoms with Crippen molar-refractivity contribution in [2.75, 3.05) is 44.4 Å². The second kappa shape index (κ2) is 10.6. The summed E-state index contributed by atoms with van der Waals surface area (Å²) in [5, 5.41) is 0.326. The van der Waals surface area contributed by atoms with Crippen LogP contribution in [0.3, 0.4) is 0 Å². The number of halogens is 3. The van der Waals surface area contributed by atoms with Crippen molar-refractivity contribution >= 4 is 31.3 Å². The van der Waals surface area contributed by atoms with Gasteiger partial charge in [-0.1, -0.05) is 11.6 Å². The molecule has 38 heavy (non-hydrogen) atoms. The first-order valence-electron chi connectivity index (χ1n) is 12.7. The Kier molecular flexibility index (Phi) is 7.78. The highest BCUT2D eigenvalue weighted by Crippen LogP contribution is 2.55. The minimum absolute atomic E-state index is 0.00221. The zero-order valence-corrected chi connectivity index (χ0v) is 23.1. The fraction of sp³-hybridized carbons (Fsp3) is 0.538. The predicted molar refractivity (Wildman–Crippen MR) is 139 cm³/mol. The van der Waals surface area contributed by atoms with Gasteiger partial charge in [0.05, 0.1) is 34.7 Å². The highest BCUT2D eigenvalue weighted by molar-refractivity contribution is 7.92. The summed E-state index contributed by atoms with van der Waals surface area (Å²) in [6.07, 6.45) is 1.13. The van der Waals surface area contributed by atoms with Crippen LogP contribution in [0.25, 0.3) is 0 Å². The number of hydrogen-bond acceptors (Lipinski definition) is 7. The molecule has 0 aliphatic carbocycles. The van der Waals surface area contributed by atoms with Gasteiger partial charge in [0.1, 0.15) is 10.6 Å². The molecule has 3 heterocycles. The van der Waals surface area contributed by atoms with Gasteiger partial charge in [-0.3, -0.25) is 0 Å². The molecule has 0 spiro atoms. The lowest BCUT2D eigenvalue weighted by atomic mass is 9.75. The Labute approximate surface area is 226 Å². The van der Waals surface area contributed by atoms with E-state index in [-0.39, 0.29) is 48.0 Å². The van der Waals surface area contributed by atoms with E-state index in [2.05, 4.69) is 4.90 Å². The molecule has 0 bridgehead atoms. The van der Waals surface area contributed by atoms with E-state index >= 15 is 4.39 Å². The standard InChI is InChI=1S/C26H30ClF2NO6S2/c27-18-3-5-19(6-4-18)38(33,34)26-10-14-35-23(9-15-37(31,32)16-13-30-11-1-2-12-30)20(26)17-36-25-22(29)8-7-21(28)24(25)26/h3-8,20,23H,1-2,9-17H2/t20-,23-,26-/m0/s1. The summed E-state index contributed by atoms with van der Waals surface area (Å²) >= 11 is 5.98. The molecule has 2 aromatic carbocycles. The predicted octanol–water partition coefficient (Wildman–Crippen LogP) is 3.99. The van der Waals surface area contributed by atoms with Crippen molar-refractivity contribution < 1.29 is 35.1 Å². The van der Waals surface area contributed by atoms with Crippen LogP contribution in [0.4, 0.5) is 8.78 Å². The molecule has 5 rings (SSSR count). The van der Waals surface area contributed by atoms with Crippen LogP contribution < -0.4 is 4.74 Å². The van der Waals surface area contributed by atoms with E-state index in [1.54, 1.807) is 0 Å². The van der Waals surface area contributed by atoms with Gasteiger partial charge >= 0.3 is 0 Å². The fourth-order valence-electron chi connectivity index (χ4n) is 6.01. The summed E-state index contributed by atoms with van der Waals surface area (Å²) in [7, 11) is -7.80. The van der Waals surface area contributed by atoms with E-state index in [0.29, 0.717) is 11.6 Å². The smallest absolute Gasteiger partial charge is 0.189 e. The Hall–Kier alpha value is -1.79. The third-order valence-electron chi connectivity index (χ3n) is 7.98. The molecule has 0 N–H and O–H groups in total. The van der Waals surface area contributed by atoms with Gasteiger partial charge in [0.25, 0.3) is 0 Å². The molecule has 2 fully saturated rings. The van der Waals surface area contributed by atoms with Crippen LogP contribution in [0, 0.1) is 17.6 Å². The van der Waals surface area contributed by atoms with Crippen molar-refractivity contribution in [1.82, 2.24) is 4.90 Å². The van der Waals surface area contributed by atoms with Crippen molar-refractivity contribution in [3.05, 3.63) is 58.6 Å². The lowest BCUT2D eigenvalue weighted by Crippen LogP contribution is -2.57. The fourth-order valence-corrected chi connectivity index (χ4v) is 9.81. The van der Waals surface area contributed by atoms with Crippen LogP contribution >= 0.6 is 11.6 Å². The van der Waals surface area contributed by atoms with Gasteiger partial charge in [-0.15, -0.1) is 0 Å². The maximum Gasteiger partial charge on any atom is 0.189 e. The van der Waals surface area contributed by atoms with Crippen LogP contribution in [0.2, 0.25) is 5.02 Å². The van der Waals surface area contributed by atoms with Crippen LogP contribution in [-0.2, 0) is 29.2 Å². The number of nitrogens with zero attached hydrogens (tertiary/aromatic N) is 1. The van der Waals surface area contributed by atoms with E-state index in [0.717, 1.165) is 38.1 Å². The monoisotopic (exact) mass is 589 g/mol. The summed E-state index contributed by atoms with van der Waals surface area (Å²) in [5.74, 6) is -3.37. The second-order valence-corrected chi connectivity index (χ2v) is 15.1. The van der Waals surface area contributed by atoms with Crippen LogP contribution in [-0.4, -0.2) is 72.2 Å². The van der Waals surface area contributed by atoms with E-state index in [9.17, 15) is 21.2 Å². The molecule has 208 valence electrons. The Balaban J connectivity index is 1.50. The molecule has 12 heteroatoms. The average Bonchev–Trinajstić information content (AvgIpc) is 3.42. The Morgan fingerprint density at radius 1 is 0.974 bits per heavy atom. The number of hydrogen-bond donors (Lipinski definition) is 0. The second-order valence-electron chi connectivity index (χ2n) is 10.1. The van der Waals surface area contributed by atoms with E-state index in [1.165, 1.54) is 24.3 Å². The molecule has 3 aliphatic rings. The van der Waals surface area contributed by atoms with Gasteiger partial charge in [0.2, 0.25) is 0 Å². The van der Waals surface area contributed by atoms with Gasteiger partial charge in [0, 0.05) is 24.1 Å². The molecular weight excluding hydrogens is 560 g/mol. The molecule has 3 atom stereocenters. The van der Waals surface area contributed by atoms with Gasteiger partial charge < -0.3 is 14.4 Å². The summed E-state index contributed by atoms with van der Waals surface area (Å²) in [4.78, 5) is 2.02. The third-order valence-corrected chi connectivity index (χ3v) is 12.5. The van der Waals surface area contributed by atoms with Crippen LogP contribution in [0.15, 0.2) is 41.3 Å². The van der Waals surface area contributed by atoms with Gasteiger partial charge in [-0.25, -0.2) is 25.6 Å². The lowest BCUT2D eigenvalue weighted by Gasteiger charge is -2.50. The quantitative estimate of drug-likeness (QED) is 0.460. The van der Waals surface area contributed by atoms with Gasteiger partial charge in [-0.05, 0) is 75.2 Å². The van der Waals surface area contributed by atoms with Gasteiger partial charge in [0.15, 0.2) is 31.2 Å². The molecular formula is C26H30ClF2NO6S2. The van der Waals surface area contributed by atoms with Crippen LogP contribution in [0.1, 0.15) is 31.2 Å². The molecule has 7 nitrogen and oxygen atoms in total. The van der Waals surface area contributed by atoms with E-state index in [1.807, 2.05) is 0 Å². The van der Waals surface area contributed by atoms with Crippen molar-refractivity contribution in [2.24, 2.45) is 5.92 Å². The molecule has 0 radical (unpaired) electrons. The third kappa shape index (κ3) is 4.96. The summed E-state index contributed by atoms with van der Waals surface area (Å²) in [6, 6.07) is 7.32. The number of likely N-dealkylation sites (tertiary alicyclic amines) is 1. The first kappa shape index (κ1) is 27.8. The molecule has 3 aliphatic heterocycles. The zero-order chi connectivity index (χ0) is 27.1. The first-order chi connectivity index (χ1) is 18.0. The van der Waals surface area contributed by atoms with Crippen molar-refractivity contribution in [2.45, 2.75) is 41.4 Å². The number of ether oxygens (including phenoxy) is 2. The number of fused-ring (bicyclic) bond motifs is 3. The number of benzene rings is 2. The summed E-state index contributed by atoms with van der Waals surface area (Å²) in [5.41, 5.74) is -0.367. The number of rotatable bonds is 8. The zero-order valence-electron chi connectivity index (χ0n) is 20.7. The van der Waals surface area contributed by atoms with Crippen molar-refractivity contribution in [1.29, 1.82) is 0 Å². The Bertz CT molecular complexity index is 1400. The van der Waals surface area contributed by atoms with Gasteiger partial charge in [-0.2, -0.15) is 0 Å². The molecule has 0 aromatic heterocycles. The average molecular weight is 590 g/mol. The highest BCUT2D eigenvalue weighted by Gasteiger charge is 2.61. The topological polar surface area (TPSA) is 90.0 Å². The molecule has 2 saturated heterocycles. The van der Waals surface area contributed by atoms with Crippen LogP contribution in [0.5, 0.6) is 5.75 Å². The van der Waals surface area contributed by atoms with E-state index in [4.69, 9.17) is 21.1 Å². The first-order valence-corrected chi connectivity index (χ1v) is 16.4. The lowest BCUT2D eigenvalue weighted by molar-refractivity contribution is -0.0732. The maximum absolute atomic E-state index is 15.5. The maximum atomic E-state index is 15.5. The normalized spacial score (nSPS) is 26.0. The largest absolute Gasteiger partial charge is 0.490 e. The Morgan fingerprint density at radius 2 is 1.66 bits per heavy atom. The number of sulfone groups is 2. The Morgan fingerprint density at radius 3 is 2.37 bits per heavy atom. The summed E-state index contributed by atoms with van der Waals surface area (Å²) < 4.78 is 94.3. The summed E-state index contributed by atoms with van der Waals surface area (Å²) in [6.45, 7) is 1.88. The molecule has 0 saturated carbocycles. The highest BCUT2D eigenvalue weighted by atomic mass is 35.5. The minimum Gasteiger partial charge on any atom is -0.490 e. The molecule has 2 aromatic rings. The van der Waals surface area contributed by atoms with E-state index < -0.39 is 53.8 Å². The minimum atomic E-state index is -4.34. The van der Waals surface area contributed by atoms with Crippen molar-refractivity contribution in [3.63, 3.8) is 0 Å².